The normalized spacial score (nSPS) is 23.2. The first kappa shape index (κ1) is 29.9. The average molecular weight is 602 g/mol. The zero-order chi connectivity index (χ0) is 28.0. The Morgan fingerprint density at radius 1 is 1.10 bits per heavy atom. The summed E-state index contributed by atoms with van der Waals surface area (Å²) in [7, 11) is -2.34. The van der Waals surface area contributed by atoms with Gasteiger partial charge in [-0.1, -0.05) is 11.6 Å². The van der Waals surface area contributed by atoms with Crippen molar-refractivity contribution in [1.82, 2.24) is 24.3 Å². The zero-order valence-electron chi connectivity index (χ0n) is 22.1. The monoisotopic (exact) mass is 601 g/mol. The molecule has 14 heteroatoms. The number of rotatable bonds is 10. The number of carbonyl (C=O) groups excluding carboxylic acids is 3. The maximum Gasteiger partial charge on any atom is 0.248 e. The number of sulfonamides is 1. The third-order valence-electron chi connectivity index (χ3n) is 7.33. The van der Waals surface area contributed by atoms with E-state index in [4.69, 9.17) is 16.3 Å². The van der Waals surface area contributed by atoms with Gasteiger partial charge in [-0.25, -0.2) is 8.42 Å². The van der Waals surface area contributed by atoms with Crippen molar-refractivity contribution >= 4 is 56.8 Å². The molecule has 0 aliphatic carbocycles. The quantitative estimate of drug-likeness (QED) is 0.426. The van der Waals surface area contributed by atoms with Gasteiger partial charge in [-0.2, -0.15) is 4.72 Å². The molecular weight excluding hydrogens is 566 g/mol. The molecule has 0 bridgehead atoms. The summed E-state index contributed by atoms with van der Waals surface area (Å²) in [5, 5.41) is 1.04. The summed E-state index contributed by atoms with van der Waals surface area (Å²) in [5.41, 5.74) is 0. The topological polar surface area (TPSA) is 120 Å². The van der Waals surface area contributed by atoms with Crippen LogP contribution in [-0.2, 0) is 29.1 Å². The van der Waals surface area contributed by atoms with Gasteiger partial charge in [-0.3, -0.25) is 19.3 Å². The summed E-state index contributed by atoms with van der Waals surface area (Å²) >= 11 is 7.15. The van der Waals surface area contributed by atoms with Gasteiger partial charge >= 0.3 is 0 Å². The highest BCUT2D eigenvalue weighted by Gasteiger charge is 2.36. The molecule has 0 unspecified atom stereocenters. The Balaban J connectivity index is 1.28. The number of nitrogens with one attached hydrogen (secondary N) is 1. The maximum atomic E-state index is 13.3. The molecule has 3 amide bonds. The number of hydrogen-bond acceptors (Lipinski definition) is 8. The minimum atomic E-state index is -3.86. The van der Waals surface area contributed by atoms with Crippen molar-refractivity contribution in [3.8, 4) is 0 Å². The number of halogens is 1. The number of piperazine rings is 1. The molecule has 3 saturated heterocycles. The minimum absolute atomic E-state index is 0.00921. The second kappa shape index (κ2) is 13.6. The lowest BCUT2D eigenvalue weighted by atomic mass is 10.1. The predicted octanol–water partition coefficient (Wildman–Crippen LogP) is 1.06. The number of piperidine rings is 1. The summed E-state index contributed by atoms with van der Waals surface area (Å²) in [5.74, 6) is -0.499. The Morgan fingerprint density at radius 2 is 1.85 bits per heavy atom. The molecule has 4 heterocycles. The number of thiophene rings is 1. The van der Waals surface area contributed by atoms with E-state index >= 15 is 0 Å². The SMILES string of the molecule is COCC(=O)N1CCN(C[C@@H]2CCCN2C(=O)CN2CCC[C@H](NS(=O)(=O)/C=C/c3ccc(Cl)s3)C2=O)CC1. The molecule has 3 fully saturated rings. The molecule has 1 N–H and O–H groups in total. The van der Waals surface area contributed by atoms with E-state index in [-0.39, 0.29) is 36.9 Å². The third kappa shape index (κ3) is 8.24. The number of carbonyl (C=O) groups is 3. The summed E-state index contributed by atoms with van der Waals surface area (Å²) in [6.07, 6.45) is 4.23. The number of ether oxygens (including phenoxy) is 1. The first-order valence-corrected chi connectivity index (χ1v) is 15.9. The van der Waals surface area contributed by atoms with Crippen LogP contribution < -0.4 is 4.72 Å². The van der Waals surface area contributed by atoms with Crippen molar-refractivity contribution < 1.29 is 27.5 Å². The van der Waals surface area contributed by atoms with Gasteiger partial charge < -0.3 is 19.4 Å². The lowest BCUT2D eigenvalue weighted by Gasteiger charge is -2.38. The number of nitrogens with zero attached hydrogens (tertiary/aromatic N) is 4. The van der Waals surface area contributed by atoms with Crippen LogP contribution in [0.2, 0.25) is 4.34 Å². The number of amides is 3. The molecular formula is C25H36ClN5O6S2. The van der Waals surface area contributed by atoms with Crippen LogP contribution in [0.1, 0.15) is 30.6 Å². The number of likely N-dealkylation sites (tertiary alicyclic amines) is 2. The molecule has 0 aromatic carbocycles. The van der Waals surface area contributed by atoms with Crippen LogP contribution in [0.25, 0.3) is 6.08 Å². The van der Waals surface area contributed by atoms with E-state index in [1.165, 1.54) is 29.4 Å². The Labute approximate surface area is 238 Å². The molecule has 3 aliphatic rings. The highest BCUT2D eigenvalue weighted by atomic mass is 35.5. The maximum absolute atomic E-state index is 13.3. The molecule has 2 atom stereocenters. The van der Waals surface area contributed by atoms with E-state index < -0.39 is 16.1 Å². The molecule has 0 spiro atoms. The Hall–Kier alpha value is -2.03. The lowest BCUT2D eigenvalue weighted by molar-refractivity contribution is -0.143. The summed E-state index contributed by atoms with van der Waals surface area (Å²) in [4.78, 5) is 46.5. The highest BCUT2D eigenvalue weighted by Crippen LogP contribution is 2.23. The fourth-order valence-electron chi connectivity index (χ4n) is 5.32. The lowest BCUT2D eigenvalue weighted by Crippen LogP contribution is -2.56. The van der Waals surface area contributed by atoms with Gasteiger partial charge in [0.25, 0.3) is 0 Å². The molecule has 1 aromatic heterocycles. The Morgan fingerprint density at radius 3 is 2.54 bits per heavy atom. The highest BCUT2D eigenvalue weighted by molar-refractivity contribution is 7.92. The molecule has 1 aromatic rings. The van der Waals surface area contributed by atoms with Crippen molar-refractivity contribution in [3.05, 3.63) is 26.8 Å². The second-order valence-electron chi connectivity index (χ2n) is 10.1. The van der Waals surface area contributed by atoms with Gasteiger partial charge in [0.2, 0.25) is 27.7 Å². The van der Waals surface area contributed by atoms with Crippen molar-refractivity contribution in [2.45, 2.75) is 37.8 Å². The number of hydrogen-bond donors (Lipinski definition) is 1. The van der Waals surface area contributed by atoms with Crippen LogP contribution >= 0.6 is 22.9 Å². The van der Waals surface area contributed by atoms with Gasteiger partial charge in [0, 0.05) is 69.3 Å². The largest absolute Gasteiger partial charge is 0.375 e. The molecule has 0 saturated carbocycles. The number of methoxy groups -OCH3 is 1. The summed E-state index contributed by atoms with van der Waals surface area (Å²) in [6, 6.07) is 2.56. The fourth-order valence-corrected chi connectivity index (χ4v) is 7.39. The van der Waals surface area contributed by atoms with E-state index in [1.54, 1.807) is 17.0 Å². The molecule has 4 rings (SSSR count). The van der Waals surface area contributed by atoms with E-state index in [2.05, 4.69) is 9.62 Å². The molecule has 216 valence electrons. The molecule has 39 heavy (non-hydrogen) atoms. The van der Waals surface area contributed by atoms with Crippen molar-refractivity contribution in [3.63, 3.8) is 0 Å². The Bertz CT molecular complexity index is 1170. The van der Waals surface area contributed by atoms with Crippen LogP contribution in [0.4, 0.5) is 0 Å². The predicted molar refractivity (Wildman–Crippen MR) is 150 cm³/mol. The molecule has 3 aliphatic heterocycles. The standard InChI is InChI=1S/C25H36ClN5O6S2/c1-37-18-24(33)29-13-11-28(12-14-29)16-19-4-2-10-31(19)23(32)17-30-9-3-5-21(25(30)34)27-39(35,36)15-8-20-6-7-22(26)38-20/h6-8,15,19,21,27H,2-5,9-14,16-18H2,1H3/b15-8+/t19-,21-/m0/s1. The third-order valence-corrected chi connectivity index (χ3v) is 9.63. The second-order valence-corrected chi connectivity index (χ2v) is 13.4. The van der Waals surface area contributed by atoms with Gasteiger partial charge in [0.15, 0.2) is 0 Å². The smallest absolute Gasteiger partial charge is 0.248 e. The summed E-state index contributed by atoms with van der Waals surface area (Å²) < 4.78 is 33.1. The van der Waals surface area contributed by atoms with E-state index in [0.717, 1.165) is 37.9 Å². The fraction of sp³-hybridized carbons (Fsp3) is 0.640. The Kier molecular flexibility index (Phi) is 10.4. The van der Waals surface area contributed by atoms with Crippen LogP contribution in [0.5, 0.6) is 0 Å². The van der Waals surface area contributed by atoms with Crippen LogP contribution in [0, 0.1) is 0 Å². The van der Waals surface area contributed by atoms with E-state index in [9.17, 15) is 22.8 Å². The van der Waals surface area contributed by atoms with E-state index in [1.807, 2.05) is 4.90 Å². The van der Waals surface area contributed by atoms with Gasteiger partial charge in [0.05, 0.1) is 10.9 Å². The zero-order valence-corrected chi connectivity index (χ0v) is 24.5. The van der Waals surface area contributed by atoms with Crippen molar-refractivity contribution in [2.75, 3.05) is 66.1 Å². The van der Waals surface area contributed by atoms with Crippen molar-refractivity contribution in [2.24, 2.45) is 0 Å². The average Bonchev–Trinajstić information content (AvgIpc) is 3.54. The summed E-state index contributed by atoms with van der Waals surface area (Å²) in [6.45, 7) is 4.59. The first-order valence-electron chi connectivity index (χ1n) is 13.2. The van der Waals surface area contributed by atoms with Crippen LogP contribution in [0.15, 0.2) is 17.5 Å². The molecule has 0 radical (unpaired) electrons. The molecule has 11 nitrogen and oxygen atoms in total. The van der Waals surface area contributed by atoms with Crippen LogP contribution in [-0.4, -0.2) is 124 Å². The van der Waals surface area contributed by atoms with Gasteiger partial charge in [-0.15, -0.1) is 11.3 Å². The first-order chi connectivity index (χ1) is 18.6. The van der Waals surface area contributed by atoms with Gasteiger partial charge in [-0.05, 0) is 43.9 Å². The van der Waals surface area contributed by atoms with E-state index in [0.29, 0.717) is 48.2 Å². The van der Waals surface area contributed by atoms with Crippen LogP contribution in [0.3, 0.4) is 0 Å². The minimum Gasteiger partial charge on any atom is -0.375 e. The van der Waals surface area contributed by atoms with Crippen molar-refractivity contribution in [1.29, 1.82) is 0 Å². The van der Waals surface area contributed by atoms with Gasteiger partial charge in [0.1, 0.15) is 12.6 Å².